The SMILES string of the molecule is Cn1c(CN2CCC[C@H]2Cc2cccc(F)c2)cc(=O)n(C)c1=O. The number of benzene rings is 1. The highest BCUT2D eigenvalue weighted by molar-refractivity contribution is 5.18. The molecule has 0 bridgehead atoms. The molecule has 3 rings (SSSR count). The highest BCUT2D eigenvalue weighted by Gasteiger charge is 2.25. The summed E-state index contributed by atoms with van der Waals surface area (Å²) in [6.45, 7) is 1.48. The van der Waals surface area contributed by atoms with Crippen molar-refractivity contribution in [3.63, 3.8) is 0 Å². The molecule has 0 radical (unpaired) electrons. The van der Waals surface area contributed by atoms with Crippen molar-refractivity contribution in [2.24, 2.45) is 14.1 Å². The largest absolute Gasteiger partial charge is 0.330 e. The van der Waals surface area contributed by atoms with Gasteiger partial charge < -0.3 is 0 Å². The highest BCUT2D eigenvalue weighted by atomic mass is 19.1. The lowest BCUT2D eigenvalue weighted by molar-refractivity contribution is 0.237. The standard InChI is InChI=1S/C18H22FN3O2/c1-20-16(11-17(23)21(2)18(20)24)12-22-8-4-7-15(22)10-13-5-3-6-14(19)9-13/h3,5-6,9,11,15H,4,7-8,10,12H2,1-2H3/t15-/m0/s1. The van der Waals surface area contributed by atoms with Crippen LogP contribution in [0.25, 0.3) is 0 Å². The lowest BCUT2D eigenvalue weighted by Crippen LogP contribution is -2.40. The number of rotatable bonds is 4. The molecular weight excluding hydrogens is 309 g/mol. The summed E-state index contributed by atoms with van der Waals surface area (Å²) in [6.07, 6.45) is 2.88. The third-order valence-electron chi connectivity index (χ3n) is 4.85. The molecule has 1 fully saturated rings. The molecule has 24 heavy (non-hydrogen) atoms. The Labute approximate surface area is 140 Å². The molecule has 1 aromatic carbocycles. The number of nitrogens with zero attached hydrogens (tertiary/aromatic N) is 3. The van der Waals surface area contributed by atoms with Crippen LogP contribution in [0.2, 0.25) is 0 Å². The fourth-order valence-electron chi connectivity index (χ4n) is 3.41. The Kier molecular flexibility index (Phi) is 4.66. The summed E-state index contributed by atoms with van der Waals surface area (Å²) in [5, 5.41) is 0. The summed E-state index contributed by atoms with van der Waals surface area (Å²) in [6, 6.07) is 8.52. The zero-order chi connectivity index (χ0) is 17.3. The van der Waals surface area contributed by atoms with E-state index in [0.717, 1.165) is 35.9 Å². The second-order valence-corrected chi connectivity index (χ2v) is 6.48. The molecule has 5 nitrogen and oxygen atoms in total. The predicted octanol–water partition coefficient (Wildman–Crippen LogP) is 1.43. The zero-order valence-corrected chi connectivity index (χ0v) is 14.0. The maximum Gasteiger partial charge on any atom is 0.330 e. The molecule has 1 aliphatic rings. The van der Waals surface area contributed by atoms with Gasteiger partial charge in [-0.05, 0) is 43.5 Å². The molecule has 128 valence electrons. The summed E-state index contributed by atoms with van der Waals surface area (Å²) in [4.78, 5) is 26.2. The van der Waals surface area contributed by atoms with Gasteiger partial charge in [0.1, 0.15) is 5.82 Å². The quantitative estimate of drug-likeness (QED) is 0.851. The molecule has 1 atom stereocenters. The van der Waals surface area contributed by atoms with Gasteiger partial charge in [-0.1, -0.05) is 12.1 Å². The van der Waals surface area contributed by atoms with Crippen molar-refractivity contribution in [3.8, 4) is 0 Å². The zero-order valence-electron chi connectivity index (χ0n) is 14.0. The molecule has 6 heteroatoms. The van der Waals surface area contributed by atoms with Crippen LogP contribution < -0.4 is 11.2 Å². The number of likely N-dealkylation sites (tertiary alicyclic amines) is 1. The molecule has 0 spiro atoms. The normalized spacial score (nSPS) is 18.2. The van der Waals surface area contributed by atoms with Crippen LogP contribution in [0.1, 0.15) is 24.1 Å². The van der Waals surface area contributed by atoms with E-state index >= 15 is 0 Å². The van der Waals surface area contributed by atoms with Gasteiger partial charge in [0.15, 0.2) is 0 Å². The van der Waals surface area contributed by atoms with Gasteiger partial charge in [-0.3, -0.25) is 18.8 Å². The molecule has 1 aromatic heterocycles. The molecular formula is C18H22FN3O2. The first-order valence-corrected chi connectivity index (χ1v) is 8.20. The van der Waals surface area contributed by atoms with E-state index < -0.39 is 0 Å². The predicted molar refractivity (Wildman–Crippen MR) is 90.5 cm³/mol. The summed E-state index contributed by atoms with van der Waals surface area (Å²) in [7, 11) is 3.17. The van der Waals surface area contributed by atoms with Crippen molar-refractivity contribution in [1.29, 1.82) is 0 Å². The van der Waals surface area contributed by atoms with Crippen LogP contribution >= 0.6 is 0 Å². The van der Waals surface area contributed by atoms with Gasteiger partial charge >= 0.3 is 5.69 Å². The van der Waals surface area contributed by atoms with Gasteiger partial charge in [0.05, 0.1) is 0 Å². The first-order chi connectivity index (χ1) is 11.5. The van der Waals surface area contributed by atoms with E-state index in [9.17, 15) is 14.0 Å². The van der Waals surface area contributed by atoms with Gasteiger partial charge in [0.25, 0.3) is 5.56 Å². The molecule has 1 saturated heterocycles. The third-order valence-corrected chi connectivity index (χ3v) is 4.85. The Balaban J connectivity index is 1.80. The van der Waals surface area contributed by atoms with Crippen molar-refractivity contribution >= 4 is 0 Å². The summed E-state index contributed by atoms with van der Waals surface area (Å²) in [5.74, 6) is -0.217. The first kappa shape index (κ1) is 16.6. The fourth-order valence-corrected chi connectivity index (χ4v) is 3.41. The average molecular weight is 331 g/mol. The number of halogens is 1. The Bertz CT molecular complexity index is 856. The Hall–Kier alpha value is -2.21. The van der Waals surface area contributed by atoms with Crippen molar-refractivity contribution < 1.29 is 4.39 Å². The highest BCUT2D eigenvalue weighted by Crippen LogP contribution is 2.23. The summed E-state index contributed by atoms with van der Waals surface area (Å²) < 4.78 is 16.0. The minimum atomic E-state index is -0.307. The van der Waals surface area contributed by atoms with Crippen LogP contribution in [0.4, 0.5) is 4.39 Å². The van der Waals surface area contributed by atoms with Crippen molar-refractivity contribution in [3.05, 3.63) is 68.2 Å². The molecule has 0 unspecified atom stereocenters. The number of aromatic nitrogens is 2. The van der Waals surface area contributed by atoms with Crippen LogP contribution in [-0.2, 0) is 27.1 Å². The minimum Gasteiger partial charge on any atom is -0.299 e. The Morgan fingerprint density at radius 3 is 2.71 bits per heavy atom. The van der Waals surface area contributed by atoms with Gasteiger partial charge in [-0.2, -0.15) is 0 Å². The van der Waals surface area contributed by atoms with Crippen LogP contribution in [0, 0.1) is 5.82 Å². The van der Waals surface area contributed by atoms with Crippen LogP contribution in [0.3, 0.4) is 0 Å². The molecule has 2 aromatic rings. The first-order valence-electron chi connectivity index (χ1n) is 8.20. The molecule has 2 heterocycles. The van der Waals surface area contributed by atoms with Crippen LogP contribution in [-0.4, -0.2) is 26.6 Å². The van der Waals surface area contributed by atoms with E-state index in [1.54, 1.807) is 19.2 Å². The summed E-state index contributed by atoms with van der Waals surface area (Å²) in [5.41, 5.74) is 1.10. The maximum absolute atomic E-state index is 13.4. The van der Waals surface area contributed by atoms with Gasteiger partial charge in [0, 0.05) is 38.4 Å². The number of hydrogen-bond donors (Lipinski definition) is 0. The van der Waals surface area contributed by atoms with E-state index in [-0.39, 0.29) is 17.1 Å². The van der Waals surface area contributed by atoms with E-state index in [1.807, 2.05) is 6.07 Å². The maximum atomic E-state index is 13.4. The molecule has 0 N–H and O–H groups in total. The van der Waals surface area contributed by atoms with Gasteiger partial charge in [-0.15, -0.1) is 0 Å². The van der Waals surface area contributed by atoms with E-state index in [0.29, 0.717) is 18.3 Å². The van der Waals surface area contributed by atoms with E-state index in [2.05, 4.69) is 4.90 Å². The van der Waals surface area contributed by atoms with Gasteiger partial charge in [0.2, 0.25) is 0 Å². The van der Waals surface area contributed by atoms with E-state index in [4.69, 9.17) is 0 Å². The summed E-state index contributed by atoms with van der Waals surface area (Å²) >= 11 is 0. The minimum absolute atomic E-state index is 0.217. The third kappa shape index (κ3) is 3.33. The van der Waals surface area contributed by atoms with Crippen molar-refractivity contribution in [2.45, 2.75) is 31.8 Å². The second-order valence-electron chi connectivity index (χ2n) is 6.48. The van der Waals surface area contributed by atoms with Crippen LogP contribution in [0.15, 0.2) is 39.9 Å². The van der Waals surface area contributed by atoms with Crippen molar-refractivity contribution in [2.75, 3.05) is 6.54 Å². The van der Waals surface area contributed by atoms with E-state index in [1.165, 1.54) is 23.7 Å². The fraction of sp³-hybridized carbons (Fsp3) is 0.444. The molecule has 1 aliphatic heterocycles. The lowest BCUT2D eigenvalue weighted by atomic mass is 10.0. The average Bonchev–Trinajstić information content (AvgIpc) is 2.97. The second kappa shape index (κ2) is 6.73. The number of hydrogen-bond acceptors (Lipinski definition) is 3. The lowest BCUT2D eigenvalue weighted by Gasteiger charge is -2.25. The monoisotopic (exact) mass is 331 g/mol. The smallest absolute Gasteiger partial charge is 0.299 e. The Morgan fingerprint density at radius 2 is 1.96 bits per heavy atom. The molecule has 0 aliphatic carbocycles. The molecule has 0 amide bonds. The van der Waals surface area contributed by atoms with Crippen LogP contribution in [0.5, 0.6) is 0 Å². The van der Waals surface area contributed by atoms with Gasteiger partial charge in [-0.25, -0.2) is 9.18 Å². The topological polar surface area (TPSA) is 47.2 Å². The Morgan fingerprint density at radius 1 is 1.17 bits per heavy atom. The molecule has 0 saturated carbocycles. The van der Waals surface area contributed by atoms with Crippen molar-refractivity contribution in [1.82, 2.24) is 14.0 Å².